The van der Waals surface area contributed by atoms with Gasteiger partial charge in [0.15, 0.2) is 0 Å². The van der Waals surface area contributed by atoms with Crippen molar-refractivity contribution in [1.29, 1.82) is 0 Å². The van der Waals surface area contributed by atoms with Gasteiger partial charge in [0.2, 0.25) is 5.91 Å². The Labute approximate surface area is 126 Å². The molecule has 1 unspecified atom stereocenters. The van der Waals surface area contributed by atoms with Crippen LogP contribution in [0.5, 0.6) is 5.75 Å². The molecule has 1 amide bonds. The van der Waals surface area contributed by atoms with Crippen LogP contribution < -0.4 is 15.8 Å². The van der Waals surface area contributed by atoms with Gasteiger partial charge in [-0.1, -0.05) is 25.1 Å². The first-order valence-corrected chi connectivity index (χ1v) is 7.48. The Bertz CT molecular complexity index is 452. The normalized spacial score (nSPS) is 22.2. The second-order valence-electron chi connectivity index (χ2n) is 5.99. The first-order valence-electron chi connectivity index (χ1n) is 7.48. The molecule has 0 spiro atoms. The molecule has 1 aliphatic heterocycles. The van der Waals surface area contributed by atoms with Gasteiger partial charge in [0.05, 0.1) is 13.1 Å². The number of carbonyl (C=O) groups excluding carboxylic acids is 1. The lowest BCUT2D eigenvalue weighted by Gasteiger charge is -2.22. The number of amides is 1. The predicted octanol–water partition coefficient (Wildman–Crippen LogP) is 0.852. The molecule has 0 radical (unpaired) electrons. The largest absolute Gasteiger partial charge is 0.492 e. The van der Waals surface area contributed by atoms with Crippen LogP contribution in [0.4, 0.5) is 0 Å². The molecule has 0 aliphatic carbocycles. The molecule has 1 aliphatic rings. The lowest BCUT2D eigenvalue weighted by Crippen LogP contribution is -2.39. The van der Waals surface area contributed by atoms with Crippen molar-refractivity contribution in [3.05, 3.63) is 30.3 Å². The molecule has 1 saturated heterocycles. The number of nitrogens with zero attached hydrogens (tertiary/aromatic N) is 1. The highest BCUT2D eigenvalue weighted by Crippen LogP contribution is 2.27. The first kappa shape index (κ1) is 15.8. The van der Waals surface area contributed by atoms with Crippen molar-refractivity contribution in [1.82, 2.24) is 10.2 Å². The van der Waals surface area contributed by atoms with Crippen LogP contribution in [0.1, 0.15) is 13.3 Å². The van der Waals surface area contributed by atoms with E-state index in [-0.39, 0.29) is 11.3 Å². The van der Waals surface area contributed by atoms with Crippen LogP contribution in [-0.4, -0.2) is 50.1 Å². The molecule has 5 nitrogen and oxygen atoms in total. The number of ether oxygens (including phenoxy) is 1. The summed E-state index contributed by atoms with van der Waals surface area (Å²) in [4.78, 5) is 14.0. The zero-order valence-corrected chi connectivity index (χ0v) is 12.7. The molecule has 0 aromatic heterocycles. The van der Waals surface area contributed by atoms with Crippen molar-refractivity contribution in [3.8, 4) is 5.75 Å². The van der Waals surface area contributed by atoms with Crippen LogP contribution in [0, 0.1) is 5.41 Å². The minimum absolute atomic E-state index is 0.0490. The highest BCUT2D eigenvalue weighted by atomic mass is 16.5. The van der Waals surface area contributed by atoms with Crippen LogP contribution in [0.2, 0.25) is 0 Å². The van der Waals surface area contributed by atoms with Gasteiger partial charge in [-0.15, -0.1) is 0 Å². The molecule has 1 atom stereocenters. The average molecular weight is 291 g/mol. The predicted molar refractivity (Wildman–Crippen MR) is 83.2 cm³/mol. The van der Waals surface area contributed by atoms with Gasteiger partial charge in [-0.3, -0.25) is 9.69 Å². The van der Waals surface area contributed by atoms with E-state index in [0.29, 0.717) is 26.2 Å². The van der Waals surface area contributed by atoms with Gasteiger partial charge >= 0.3 is 0 Å². The van der Waals surface area contributed by atoms with E-state index < -0.39 is 0 Å². The van der Waals surface area contributed by atoms with Crippen molar-refractivity contribution in [2.75, 3.05) is 39.3 Å². The maximum Gasteiger partial charge on any atom is 0.234 e. The minimum Gasteiger partial charge on any atom is -0.492 e. The maximum atomic E-state index is 11.9. The number of hydrogen-bond donors (Lipinski definition) is 2. The molecule has 1 fully saturated rings. The van der Waals surface area contributed by atoms with Crippen LogP contribution in [0.25, 0.3) is 0 Å². The highest BCUT2D eigenvalue weighted by molar-refractivity contribution is 5.78. The Kier molecular flexibility index (Phi) is 5.59. The smallest absolute Gasteiger partial charge is 0.234 e. The monoisotopic (exact) mass is 291 g/mol. The van der Waals surface area contributed by atoms with Gasteiger partial charge in [-0.2, -0.15) is 0 Å². The van der Waals surface area contributed by atoms with Gasteiger partial charge in [-0.05, 0) is 37.1 Å². The average Bonchev–Trinajstić information content (AvgIpc) is 2.87. The number of nitrogens with two attached hydrogens (primary N) is 1. The molecule has 116 valence electrons. The molecular formula is C16H25N3O2. The quantitative estimate of drug-likeness (QED) is 0.731. The maximum absolute atomic E-state index is 11.9. The van der Waals surface area contributed by atoms with Gasteiger partial charge in [0.1, 0.15) is 12.4 Å². The summed E-state index contributed by atoms with van der Waals surface area (Å²) in [6, 6.07) is 9.60. The zero-order valence-electron chi connectivity index (χ0n) is 12.7. The fourth-order valence-corrected chi connectivity index (χ4v) is 2.56. The fourth-order valence-electron chi connectivity index (χ4n) is 2.56. The summed E-state index contributed by atoms with van der Waals surface area (Å²) in [5, 5.41) is 2.89. The van der Waals surface area contributed by atoms with Gasteiger partial charge < -0.3 is 15.8 Å². The van der Waals surface area contributed by atoms with E-state index in [0.717, 1.165) is 25.3 Å². The number of likely N-dealkylation sites (tertiary alicyclic amines) is 1. The second-order valence-corrected chi connectivity index (χ2v) is 5.99. The Hall–Kier alpha value is -1.59. The first-order chi connectivity index (χ1) is 10.1. The van der Waals surface area contributed by atoms with E-state index >= 15 is 0 Å². The summed E-state index contributed by atoms with van der Waals surface area (Å²) in [7, 11) is 0. The summed E-state index contributed by atoms with van der Waals surface area (Å²) in [5.41, 5.74) is 5.93. The Morgan fingerprint density at radius 3 is 2.86 bits per heavy atom. The number of hydrogen-bond acceptors (Lipinski definition) is 4. The Balaban J connectivity index is 1.60. The van der Waals surface area contributed by atoms with Crippen LogP contribution in [0.15, 0.2) is 30.3 Å². The lowest BCUT2D eigenvalue weighted by atomic mass is 9.90. The van der Waals surface area contributed by atoms with Gasteiger partial charge in [-0.25, -0.2) is 0 Å². The second kappa shape index (κ2) is 7.43. The minimum atomic E-state index is 0.0490. The summed E-state index contributed by atoms with van der Waals surface area (Å²) in [6.45, 7) is 6.15. The van der Waals surface area contributed by atoms with E-state index in [9.17, 15) is 4.79 Å². The van der Waals surface area contributed by atoms with Crippen molar-refractivity contribution >= 4 is 5.91 Å². The van der Waals surface area contributed by atoms with E-state index in [2.05, 4.69) is 17.1 Å². The molecule has 1 aromatic carbocycles. The molecule has 21 heavy (non-hydrogen) atoms. The highest BCUT2D eigenvalue weighted by Gasteiger charge is 2.32. The molecule has 5 heteroatoms. The lowest BCUT2D eigenvalue weighted by molar-refractivity contribution is -0.122. The van der Waals surface area contributed by atoms with Crippen LogP contribution >= 0.6 is 0 Å². The van der Waals surface area contributed by atoms with E-state index in [1.54, 1.807) is 0 Å². The topological polar surface area (TPSA) is 67.6 Å². The number of benzene rings is 1. The molecule has 3 N–H and O–H groups in total. The van der Waals surface area contributed by atoms with Crippen molar-refractivity contribution in [2.24, 2.45) is 11.1 Å². The summed E-state index contributed by atoms with van der Waals surface area (Å²) in [6.07, 6.45) is 1.06. The number of nitrogens with one attached hydrogen (secondary N) is 1. The van der Waals surface area contributed by atoms with E-state index in [1.807, 2.05) is 30.3 Å². The van der Waals surface area contributed by atoms with E-state index in [1.165, 1.54) is 0 Å². The third kappa shape index (κ3) is 5.02. The molecular weight excluding hydrogens is 266 g/mol. The van der Waals surface area contributed by atoms with Crippen LogP contribution in [-0.2, 0) is 4.79 Å². The summed E-state index contributed by atoms with van der Waals surface area (Å²) in [5.74, 6) is 0.873. The number of rotatable bonds is 7. The Morgan fingerprint density at radius 2 is 2.19 bits per heavy atom. The molecule has 2 rings (SSSR count). The van der Waals surface area contributed by atoms with E-state index in [4.69, 9.17) is 10.5 Å². The molecule has 0 bridgehead atoms. The number of para-hydroxylation sites is 1. The zero-order chi connectivity index (χ0) is 15.1. The standard InChI is InChI=1S/C16H25N3O2/c1-16(12-17)7-9-19(13-16)11-15(20)18-8-10-21-14-5-3-2-4-6-14/h2-6H,7-13,17H2,1H3,(H,18,20). The molecule has 1 heterocycles. The van der Waals surface area contributed by atoms with Gasteiger partial charge in [0, 0.05) is 6.54 Å². The molecule has 1 aromatic rings. The van der Waals surface area contributed by atoms with Crippen LogP contribution in [0.3, 0.4) is 0 Å². The fraction of sp³-hybridized carbons (Fsp3) is 0.562. The SMILES string of the molecule is CC1(CN)CCN(CC(=O)NCCOc2ccccc2)C1. The van der Waals surface area contributed by atoms with Crippen molar-refractivity contribution < 1.29 is 9.53 Å². The summed E-state index contributed by atoms with van der Waals surface area (Å²) >= 11 is 0. The number of carbonyl (C=O) groups is 1. The Morgan fingerprint density at radius 1 is 1.43 bits per heavy atom. The van der Waals surface area contributed by atoms with Gasteiger partial charge in [0.25, 0.3) is 0 Å². The molecule has 0 saturated carbocycles. The third-order valence-corrected chi connectivity index (χ3v) is 3.93. The van der Waals surface area contributed by atoms with Crippen molar-refractivity contribution in [2.45, 2.75) is 13.3 Å². The van der Waals surface area contributed by atoms with Crippen molar-refractivity contribution in [3.63, 3.8) is 0 Å². The third-order valence-electron chi connectivity index (χ3n) is 3.93. The summed E-state index contributed by atoms with van der Waals surface area (Å²) < 4.78 is 5.53.